The van der Waals surface area contributed by atoms with Crippen LogP contribution in [0.5, 0.6) is 0 Å². The van der Waals surface area contributed by atoms with Crippen molar-refractivity contribution in [1.29, 1.82) is 0 Å². The average molecular weight is 246 g/mol. The summed E-state index contributed by atoms with van der Waals surface area (Å²) in [5, 5.41) is 3.21. The molecule has 0 saturated heterocycles. The van der Waals surface area contributed by atoms with Gasteiger partial charge in [-0.1, -0.05) is 0 Å². The fourth-order valence-corrected chi connectivity index (χ4v) is 1.70. The molecule has 0 fully saturated rings. The average Bonchev–Trinajstić information content (AvgIpc) is 2.84. The number of anilines is 2. The maximum atomic E-state index is 4.47. The van der Waals surface area contributed by atoms with E-state index < -0.39 is 0 Å². The lowest BCUT2D eigenvalue weighted by Gasteiger charge is -2.15. The maximum Gasteiger partial charge on any atom is 0.224 e. The monoisotopic (exact) mass is 246 g/mol. The van der Waals surface area contributed by atoms with E-state index in [-0.39, 0.29) is 0 Å². The second kappa shape index (κ2) is 5.48. The normalized spacial score (nSPS) is 10.4. The number of imidazole rings is 1. The summed E-state index contributed by atoms with van der Waals surface area (Å²) < 4.78 is 0. The third kappa shape index (κ3) is 2.97. The Morgan fingerprint density at radius 2 is 2.17 bits per heavy atom. The Balaban J connectivity index is 1.95. The van der Waals surface area contributed by atoms with Crippen LogP contribution in [0.4, 0.5) is 11.8 Å². The van der Waals surface area contributed by atoms with Crippen molar-refractivity contribution in [3.05, 3.63) is 30.0 Å². The molecule has 0 amide bonds. The molecule has 2 aromatic rings. The van der Waals surface area contributed by atoms with Crippen LogP contribution in [0.15, 0.2) is 18.7 Å². The molecule has 0 aromatic carbocycles. The Morgan fingerprint density at radius 1 is 1.33 bits per heavy atom. The molecule has 0 spiro atoms. The minimum Gasteiger partial charge on any atom is -0.362 e. The first kappa shape index (κ1) is 12.3. The summed E-state index contributed by atoms with van der Waals surface area (Å²) in [5.41, 5.74) is 2.17. The van der Waals surface area contributed by atoms with Gasteiger partial charge in [-0.25, -0.2) is 9.97 Å². The lowest BCUT2D eigenvalue weighted by Crippen LogP contribution is -2.15. The molecule has 0 atom stereocenters. The second-order valence-corrected chi connectivity index (χ2v) is 4.35. The number of hydrogen-bond donors (Lipinski definition) is 2. The quantitative estimate of drug-likeness (QED) is 0.830. The largest absolute Gasteiger partial charge is 0.362 e. The zero-order chi connectivity index (χ0) is 13.0. The molecular formula is C12H18N6. The number of hydrogen-bond acceptors (Lipinski definition) is 5. The number of nitrogens with one attached hydrogen (secondary N) is 2. The van der Waals surface area contributed by atoms with E-state index in [9.17, 15) is 0 Å². The van der Waals surface area contributed by atoms with Crippen LogP contribution in [0.2, 0.25) is 0 Å². The van der Waals surface area contributed by atoms with E-state index in [2.05, 4.69) is 25.3 Å². The summed E-state index contributed by atoms with van der Waals surface area (Å²) in [6.45, 7) is 2.78. The molecule has 6 nitrogen and oxygen atoms in total. The summed E-state index contributed by atoms with van der Waals surface area (Å²) in [6, 6.07) is 0. The molecule has 0 aliphatic rings. The van der Waals surface area contributed by atoms with E-state index in [1.54, 1.807) is 6.33 Å². The van der Waals surface area contributed by atoms with E-state index in [1.165, 1.54) is 0 Å². The molecule has 18 heavy (non-hydrogen) atoms. The summed E-state index contributed by atoms with van der Waals surface area (Å²) in [5.74, 6) is 1.60. The summed E-state index contributed by atoms with van der Waals surface area (Å²) >= 11 is 0. The highest BCUT2D eigenvalue weighted by Gasteiger charge is 2.05. The Labute approximate surface area is 106 Å². The van der Waals surface area contributed by atoms with Gasteiger partial charge in [0, 0.05) is 50.7 Å². The molecular weight excluding hydrogens is 228 g/mol. The predicted octanol–water partition coefficient (Wildman–Crippen LogP) is 1.23. The number of H-pyrrole nitrogens is 1. The third-order valence-corrected chi connectivity index (χ3v) is 2.60. The van der Waals surface area contributed by atoms with Crippen molar-refractivity contribution in [2.75, 3.05) is 30.9 Å². The standard InChI is InChI=1S/C12H18N6/c1-9-6-15-12(17-11(9)18(2)3)14-5-4-10-7-13-8-16-10/h6-8H,4-5H2,1-3H3,(H,13,16)(H,14,15,17). The van der Waals surface area contributed by atoms with Crippen LogP contribution in [0.1, 0.15) is 11.3 Å². The minimum absolute atomic E-state index is 0.656. The molecule has 6 heteroatoms. The summed E-state index contributed by atoms with van der Waals surface area (Å²) in [6.07, 6.45) is 6.21. The molecule has 2 N–H and O–H groups in total. The van der Waals surface area contributed by atoms with Crippen LogP contribution in [-0.2, 0) is 6.42 Å². The molecule has 0 unspecified atom stereocenters. The van der Waals surface area contributed by atoms with Crippen molar-refractivity contribution in [2.24, 2.45) is 0 Å². The SMILES string of the molecule is Cc1cnc(NCCc2cnc[nH]2)nc1N(C)C. The smallest absolute Gasteiger partial charge is 0.224 e. The molecule has 96 valence electrons. The van der Waals surface area contributed by atoms with Gasteiger partial charge in [0.05, 0.1) is 6.33 Å². The Bertz CT molecular complexity index is 491. The molecule has 0 radical (unpaired) electrons. The topological polar surface area (TPSA) is 69.7 Å². The highest BCUT2D eigenvalue weighted by atomic mass is 15.2. The number of aromatic amines is 1. The van der Waals surface area contributed by atoms with Crippen molar-refractivity contribution in [3.8, 4) is 0 Å². The van der Waals surface area contributed by atoms with Crippen LogP contribution in [0.3, 0.4) is 0 Å². The Hall–Kier alpha value is -2.11. The first-order chi connectivity index (χ1) is 8.66. The number of aromatic nitrogens is 4. The minimum atomic E-state index is 0.656. The van der Waals surface area contributed by atoms with Crippen LogP contribution >= 0.6 is 0 Å². The fraction of sp³-hybridized carbons (Fsp3) is 0.417. The van der Waals surface area contributed by atoms with E-state index in [0.29, 0.717) is 5.95 Å². The van der Waals surface area contributed by atoms with Gasteiger partial charge in [0.25, 0.3) is 0 Å². The highest BCUT2D eigenvalue weighted by Crippen LogP contribution is 2.14. The van der Waals surface area contributed by atoms with Crippen LogP contribution in [0, 0.1) is 6.92 Å². The second-order valence-electron chi connectivity index (χ2n) is 4.35. The van der Waals surface area contributed by atoms with Crippen LogP contribution < -0.4 is 10.2 Å². The van der Waals surface area contributed by atoms with E-state index in [0.717, 1.165) is 30.0 Å². The zero-order valence-corrected chi connectivity index (χ0v) is 10.9. The molecule has 2 aromatic heterocycles. The number of rotatable bonds is 5. The van der Waals surface area contributed by atoms with Crippen LogP contribution in [0.25, 0.3) is 0 Å². The van der Waals surface area contributed by atoms with Crippen molar-refractivity contribution < 1.29 is 0 Å². The maximum absolute atomic E-state index is 4.47. The molecule has 2 rings (SSSR count). The van der Waals surface area contributed by atoms with Gasteiger partial charge in [0.2, 0.25) is 5.95 Å². The van der Waals surface area contributed by atoms with Gasteiger partial charge in [-0.15, -0.1) is 0 Å². The van der Waals surface area contributed by atoms with Gasteiger partial charge in [-0.2, -0.15) is 4.98 Å². The van der Waals surface area contributed by atoms with Gasteiger partial charge >= 0.3 is 0 Å². The van der Waals surface area contributed by atoms with Gasteiger partial charge in [0.15, 0.2) is 0 Å². The van der Waals surface area contributed by atoms with Gasteiger partial charge in [-0.05, 0) is 6.92 Å². The summed E-state index contributed by atoms with van der Waals surface area (Å²) in [7, 11) is 3.95. The molecule has 0 aliphatic carbocycles. The van der Waals surface area contributed by atoms with E-state index in [1.807, 2.05) is 38.3 Å². The van der Waals surface area contributed by atoms with Crippen molar-refractivity contribution in [1.82, 2.24) is 19.9 Å². The number of aryl methyl sites for hydroxylation is 1. The third-order valence-electron chi connectivity index (χ3n) is 2.60. The van der Waals surface area contributed by atoms with Gasteiger partial charge < -0.3 is 15.2 Å². The Kier molecular flexibility index (Phi) is 3.76. The van der Waals surface area contributed by atoms with Crippen molar-refractivity contribution >= 4 is 11.8 Å². The number of nitrogens with zero attached hydrogens (tertiary/aromatic N) is 4. The lowest BCUT2D eigenvalue weighted by atomic mass is 10.3. The molecule has 0 bridgehead atoms. The molecule has 0 saturated carbocycles. The van der Waals surface area contributed by atoms with Gasteiger partial charge in [-0.3, -0.25) is 0 Å². The van der Waals surface area contributed by atoms with E-state index >= 15 is 0 Å². The highest BCUT2D eigenvalue weighted by molar-refractivity contribution is 5.47. The first-order valence-corrected chi connectivity index (χ1v) is 5.89. The molecule has 0 aliphatic heterocycles. The van der Waals surface area contributed by atoms with E-state index in [4.69, 9.17) is 0 Å². The summed E-state index contributed by atoms with van der Waals surface area (Å²) in [4.78, 5) is 17.8. The first-order valence-electron chi connectivity index (χ1n) is 5.89. The predicted molar refractivity (Wildman–Crippen MR) is 71.9 cm³/mol. The van der Waals surface area contributed by atoms with Crippen molar-refractivity contribution in [3.63, 3.8) is 0 Å². The lowest BCUT2D eigenvalue weighted by molar-refractivity contribution is 0.940. The van der Waals surface area contributed by atoms with Crippen LogP contribution in [-0.4, -0.2) is 40.6 Å². The van der Waals surface area contributed by atoms with Gasteiger partial charge in [0.1, 0.15) is 5.82 Å². The molecule has 2 heterocycles. The fourth-order valence-electron chi connectivity index (χ4n) is 1.70. The van der Waals surface area contributed by atoms with Crippen molar-refractivity contribution in [2.45, 2.75) is 13.3 Å². The Morgan fingerprint density at radius 3 is 2.83 bits per heavy atom. The zero-order valence-electron chi connectivity index (χ0n) is 10.9.